The Bertz CT molecular complexity index is 935. The van der Waals surface area contributed by atoms with E-state index in [4.69, 9.17) is 17.0 Å². The Morgan fingerprint density at radius 1 is 1.00 bits per heavy atom. The third-order valence-corrected chi connectivity index (χ3v) is 5.07. The van der Waals surface area contributed by atoms with Crippen molar-refractivity contribution < 1.29 is 18.7 Å². The van der Waals surface area contributed by atoms with Gasteiger partial charge in [-0.15, -0.1) is 0 Å². The van der Waals surface area contributed by atoms with E-state index in [1.165, 1.54) is 18.2 Å². The lowest BCUT2D eigenvalue weighted by Gasteiger charge is -2.26. The zero-order chi connectivity index (χ0) is 22.8. The van der Waals surface area contributed by atoms with E-state index < -0.39 is 11.7 Å². The van der Waals surface area contributed by atoms with Gasteiger partial charge in [0.05, 0.1) is 13.2 Å². The van der Waals surface area contributed by atoms with Crippen LogP contribution in [0.5, 0.6) is 0 Å². The van der Waals surface area contributed by atoms with Crippen LogP contribution in [-0.2, 0) is 4.74 Å². The molecule has 2 amide bonds. The highest BCUT2D eigenvalue weighted by atomic mass is 32.1. The highest BCUT2D eigenvalue weighted by Gasteiger charge is 2.11. The van der Waals surface area contributed by atoms with Crippen molar-refractivity contribution in [2.75, 3.05) is 44.7 Å². The van der Waals surface area contributed by atoms with Crippen LogP contribution in [0.2, 0.25) is 0 Å². The highest BCUT2D eigenvalue weighted by Crippen LogP contribution is 2.12. The van der Waals surface area contributed by atoms with Gasteiger partial charge in [0.2, 0.25) is 0 Å². The minimum absolute atomic E-state index is 0.210. The normalized spacial score (nSPS) is 13.8. The van der Waals surface area contributed by atoms with Crippen LogP contribution in [0.25, 0.3) is 0 Å². The maximum atomic E-state index is 13.3. The number of hydrogen-bond acceptors (Lipinski definition) is 5. The van der Waals surface area contributed by atoms with E-state index in [2.05, 4.69) is 26.4 Å². The van der Waals surface area contributed by atoms with Crippen molar-refractivity contribution in [2.24, 2.45) is 0 Å². The topological polar surface area (TPSA) is 94.7 Å². The van der Waals surface area contributed by atoms with E-state index in [-0.39, 0.29) is 11.5 Å². The molecule has 170 valence electrons. The summed E-state index contributed by atoms with van der Waals surface area (Å²) in [6.07, 6.45) is 0.929. The van der Waals surface area contributed by atoms with Crippen molar-refractivity contribution in [3.63, 3.8) is 0 Å². The smallest absolute Gasteiger partial charge is 0.269 e. The third kappa shape index (κ3) is 7.56. The molecule has 3 rings (SSSR count). The number of amides is 2. The summed E-state index contributed by atoms with van der Waals surface area (Å²) in [6, 6.07) is 11.7. The van der Waals surface area contributed by atoms with Crippen molar-refractivity contribution in [1.29, 1.82) is 0 Å². The molecule has 0 radical (unpaired) electrons. The van der Waals surface area contributed by atoms with Gasteiger partial charge < -0.3 is 15.4 Å². The molecule has 1 saturated heterocycles. The van der Waals surface area contributed by atoms with Crippen LogP contribution in [0.1, 0.15) is 27.1 Å². The Labute approximate surface area is 191 Å². The van der Waals surface area contributed by atoms with Gasteiger partial charge >= 0.3 is 0 Å². The quantitative estimate of drug-likeness (QED) is 0.285. The van der Waals surface area contributed by atoms with Crippen molar-refractivity contribution in [2.45, 2.75) is 6.42 Å². The van der Waals surface area contributed by atoms with E-state index in [9.17, 15) is 14.0 Å². The van der Waals surface area contributed by atoms with E-state index in [0.717, 1.165) is 45.3 Å². The molecule has 0 bridgehead atoms. The monoisotopic (exact) mass is 459 g/mol. The molecule has 0 unspecified atom stereocenters. The maximum absolute atomic E-state index is 13.3. The van der Waals surface area contributed by atoms with Crippen molar-refractivity contribution >= 4 is 34.8 Å². The number of hydrogen-bond donors (Lipinski definition) is 4. The summed E-state index contributed by atoms with van der Waals surface area (Å²) in [7, 11) is 0. The molecular formula is C22H26FN5O3S. The summed E-state index contributed by atoms with van der Waals surface area (Å²) < 4.78 is 18.6. The molecule has 0 spiro atoms. The number of nitrogens with one attached hydrogen (secondary N) is 4. The van der Waals surface area contributed by atoms with Gasteiger partial charge in [-0.3, -0.25) is 25.3 Å². The summed E-state index contributed by atoms with van der Waals surface area (Å²) in [5, 5.41) is 6.05. The zero-order valence-corrected chi connectivity index (χ0v) is 18.3. The first-order valence-corrected chi connectivity index (χ1v) is 10.7. The molecule has 0 saturated carbocycles. The summed E-state index contributed by atoms with van der Waals surface area (Å²) in [6.45, 7) is 5.11. The Morgan fingerprint density at radius 3 is 2.47 bits per heavy atom. The standard InChI is InChI=1S/C22H26FN5O3S/c23-18-4-1-3-17(15-18)20(29)25-19-7-5-16(6-8-19)21(30)26-27-22(32)24-9-2-10-28-11-13-31-14-12-28/h1,3-8,15H,2,9-14H2,(H,25,29)(H,26,30)(H2,24,27,32). The number of thiocarbonyl (C=S) groups is 1. The molecule has 0 aliphatic carbocycles. The predicted octanol–water partition coefficient (Wildman–Crippen LogP) is 1.91. The third-order valence-electron chi connectivity index (χ3n) is 4.82. The Balaban J connectivity index is 1.36. The molecule has 0 atom stereocenters. The molecule has 32 heavy (non-hydrogen) atoms. The maximum Gasteiger partial charge on any atom is 0.269 e. The van der Waals surface area contributed by atoms with Gasteiger partial charge in [-0.25, -0.2) is 4.39 Å². The second kappa shape index (κ2) is 12.1. The number of halogens is 1. The fourth-order valence-corrected chi connectivity index (χ4v) is 3.25. The predicted molar refractivity (Wildman–Crippen MR) is 124 cm³/mol. The number of carbonyl (C=O) groups is 2. The number of nitrogens with zero attached hydrogens (tertiary/aromatic N) is 1. The van der Waals surface area contributed by atoms with Crippen LogP contribution in [-0.4, -0.2) is 61.2 Å². The minimum atomic E-state index is -0.485. The number of benzene rings is 2. The SMILES string of the molecule is O=C(NNC(=S)NCCCN1CCOCC1)c1ccc(NC(=O)c2cccc(F)c2)cc1. The number of rotatable bonds is 7. The summed E-state index contributed by atoms with van der Waals surface area (Å²) >= 11 is 5.17. The van der Waals surface area contributed by atoms with Crippen molar-refractivity contribution in [3.8, 4) is 0 Å². The molecule has 1 heterocycles. The number of hydrazine groups is 1. The zero-order valence-electron chi connectivity index (χ0n) is 17.5. The van der Waals surface area contributed by atoms with Crippen LogP contribution in [0.3, 0.4) is 0 Å². The fraction of sp³-hybridized carbons (Fsp3) is 0.318. The second-order valence-electron chi connectivity index (χ2n) is 7.18. The molecule has 1 aliphatic heterocycles. The lowest BCUT2D eigenvalue weighted by atomic mass is 10.1. The van der Waals surface area contributed by atoms with Crippen LogP contribution in [0.15, 0.2) is 48.5 Å². The number of anilines is 1. The Kier molecular flexibility index (Phi) is 8.90. The molecule has 8 nitrogen and oxygen atoms in total. The van der Waals surface area contributed by atoms with Crippen LogP contribution in [0.4, 0.5) is 10.1 Å². The lowest BCUT2D eigenvalue weighted by molar-refractivity contribution is 0.0376. The van der Waals surface area contributed by atoms with Gasteiger partial charge in [-0.1, -0.05) is 6.07 Å². The lowest BCUT2D eigenvalue weighted by Crippen LogP contribution is -2.47. The summed E-state index contributed by atoms with van der Waals surface area (Å²) in [5.74, 6) is -1.29. The molecule has 2 aromatic carbocycles. The molecule has 0 aromatic heterocycles. The van der Waals surface area contributed by atoms with Crippen LogP contribution in [0, 0.1) is 5.82 Å². The van der Waals surface area contributed by atoms with Gasteiger partial charge in [0.25, 0.3) is 11.8 Å². The molecule has 4 N–H and O–H groups in total. The average Bonchev–Trinajstić information content (AvgIpc) is 2.81. The molecular weight excluding hydrogens is 433 g/mol. The number of morpholine rings is 1. The largest absolute Gasteiger partial charge is 0.379 e. The molecule has 1 aliphatic rings. The second-order valence-corrected chi connectivity index (χ2v) is 7.59. The van der Waals surface area contributed by atoms with Gasteiger partial charge in [0.1, 0.15) is 5.82 Å². The van der Waals surface area contributed by atoms with Gasteiger partial charge in [-0.2, -0.15) is 0 Å². The summed E-state index contributed by atoms with van der Waals surface area (Å²) in [5.41, 5.74) is 6.29. The van der Waals surface area contributed by atoms with E-state index >= 15 is 0 Å². The Morgan fingerprint density at radius 2 is 1.75 bits per heavy atom. The fourth-order valence-electron chi connectivity index (χ4n) is 3.10. The van der Waals surface area contributed by atoms with Gasteiger partial charge in [0, 0.05) is 36.4 Å². The first-order valence-electron chi connectivity index (χ1n) is 10.3. The average molecular weight is 460 g/mol. The molecule has 10 heteroatoms. The van der Waals surface area contributed by atoms with E-state index in [1.807, 2.05) is 0 Å². The van der Waals surface area contributed by atoms with Crippen molar-refractivity contribution in [3.05, 3.63) is 65.5 Å². The highest BCUT2D eigenvalue weighted by molar-refractivity contribution is 7.80. The van der Waals surface area contributed by atoms with Crippen molar-refractivity contribution in [1.82, 2.24) is 21.1 Å². The van der Waals surface area contributed by atoms with Crippen LogP contribution >= 0.6 is 12.2 Å². The first kappa shape index (κ1) is 23.6. The number of carbonyl (C=O) groups excluding carboxylic acids is 2. The first-order chi connectivity index (χ1) is 15.5. The van der Waals surface area contributed by atoms with Gasteiger partial charge in [-0.05, 0) is 67.6 Å². The minimum Gasteiger partial charge on any atom is -0.379 e. The molecule has 2 aromatic rings. The van der Waals surface area contributed by atoms with Gasteiger partial charge in [0.15, 0.2) is 5.11 Å². The van der Waals surface area contributed by atoms with Crippen LogP contribution < -0.4 is 21.5 Å². The van der Waals surface area contributed by atoms with E-state index in [0.29, 0.717) is 22.9 Å². The molecule has 1 fully saturated rings. The van der Waals surface area contributed by atoms with E-state index in [1.54, 1.807) is 24.3 Å². The number of ether oxygens (including phenoxy) is 1. The Hall–Kier alpha value is -3.08. The summed E-state index contributed by atoms with van der Waals surface area (Å²) in [4.78, 5) is 26.8.